The molecule has 212 valence electrons. The van der Waals surface area contributed by atoms with Crippen LogP contribution in [0.3, 0.4) is 0 Å². The molecule has 1 aliphatic carbocycles. The SMILES string of the molecule is [2H]C([2H])(NC(=O)c1cc(Cl)c2c(c1C)OC(C)(C1CCN(CC3CC(F)(F)C3)CC1)O2)c1c(SC)cc(C)[nH]c1=O. The van der Waals surface area contributed by atoms with E-state index in [1.54, 1.807) is 26.2 Å². The normalized spacial score (nSPS) is 24.2. The standard InChI is InChI=1S/C28H34ClF2N3O4S/c1-15-9-22(39-4)20(26(36)33-15)13-32-25(35)19-10-21(29)24-23(16(19)2)37-27(3,38-24)18-5-7-34(8-6-18)14-17-11-28(30,31)12-17/h9-10,17-18H,5-8,11-14H2,1-4H3,(H,32,35)(H,33,36)/i13D2. The third-order valence-corrected chi connectivity index (χ3v) is 9.01. The fourth-order valence-corrected chi connectivity index (χ4v) is 6.67. The Morgan fingerprint density at radius 3 is 2.56 bits per heavy atom. The summed E-state index contributed by atoms with van der Waals surface area (Å²) in [5.41, 5.74) is 0.325. The molecule has 1 saturated carbocycles. The highest BCUT2D eigenvalue weighted by atomic mass is 35.5. The Balaban J connectivity index is 1.30. The molecule has 39 heavy (non-hydrogen) atoms. The third kappa shape index (κ3) is 5.65. The number of ether oxygens (including phenoxy) is 2. The van der Waals surface area contributed by atoms with E-state index in [0.717, 1.165) is 25.9 Å². The van der Waals surface area contributed by atoms with Crippen LogP contribution in [-0.2, 0) is 6.50 Å². The summed E-state index contributed by atoms with van der Waals surface area (Å²) in [5.74, 6) is -3.61. The van der Waals surface area contributed by atoms with Crippen molar-refractivity contribution in [3.8, 4) is 11.5 Å². The van der Waals surface area contributed by atoms with E-state index in [1.165, 1.54) is 17.8 Å². The Bertz CT molecular complexity index is 1430. The number of thioether (sulfide) groups is 1. The highest BCUT2D eigenvalue weighted by Crippen LogP contribution is 2.51. The second-order valence-electron chi connectivity index (χ2n) is 10.9. The fraction of sp³-hybridized carbons (Fsp3) is 0.571. The first-order valence-electron chi connectivity index (χ1n) is 14.0. The topological polar surface area (TPSA) is 83.7 Å². The maximum absolute atomic E-state index is 13.4. The van der Waals surface area contributed by atoms with Crippen LogP contribution in [0.25, 0.3) is 0 Å². The van der Waals surface area contributed by atoms with Gasteiger partial charge in [-0.1, -0.05) is 11.6 Å². The molecule has 1 saturated heterocycles. The minimum absolute atomic E-state index is 0.00841. The monoisotopic (exact) mass is 583 g/mol. The quantitative estimate of drug-likeness (QED) is 0.416. The number of piperidine rings is 1. The molecule has 11 heteroatoms. The van der Waals surface area contributed by atoms with Crippen LogP contribution in [0.2, 0.25) is 5.02 Å². The number of H-pyrrole nitrogens is 1. The van der Waals surface area contributed by atoms with E-state index in [2.05, 4.69) is 15.2 Å². The van der Waals surface area contributed by atoms with Crippen LogP contribution >= 0.6 is 23.4 Å². The molecule has 0 radical (unpaired) electrons. The van der Waals surface area contributed by atoms with Gasteiger partial charge >= 0.3 is 0 Å². The highest BCUT2D eigenvalue weighted by molar-refractivity contribution is 7.98. The molecule has 2 N–H and O–H groups in total. The number of carbonyl (C=O) groups is 1. The number of alkyl halides is 2. The van der Waals surface area contributed by atoms with Crippen molar-refractivity contribution in [2.24, 2.45) is 11.8 Å². The molecule has 0 spiro atoms. The zero-order valence-corrected chi connectivity index (χ0v) is 24.0. The van der Waals surface area contributed by atoms with E-state index in [0.29, 0.717) is 34.2 Å². The lowest BCUT2D eigenvalue weighted by Gasteiger charge is -2.42. The van der Waals surface area contributed by atoms with Gasteiger partial charge in [0.05, 0.1) is 7.76 Å². The van der Waals surface area contributed by atoms with Gasteiger partial charge in [-0.05, 0) is 64.1 Å². The number of pyridine rings is 1. The van der Waals surface area contributed by atoms with E-state index in [-0.39, 0.29) is 40.8 Å². The van der Waals surface area contributed by atoms with Gasteiger partial charge in [-0.2, -0.15) is 0 Å². The van der Waals surface area contributed by atoms with Crippen LogP contribution in [0.4, 0.5) is 8.78 Å². The van der Waals surface area contributed by atoms with Crippen LogP contribution in [0.15, 0.2) is 21.8 Å². The summed E-state index contributed by atoms with van der Waals surface area (Å²) in [5, 5.41) is 2.51. The van der Waals surface area contributed by atoms with Gasteiger partial charge in [0.25, 0.3) is 17.3 Å². The molecule has 2 aliphatic heterocycles. The Morgan fingerprint density at radius 1 is 1.26 bits per heavy atom. The number of benzene rings is 1. The molecule has 1 aromatic heterocycles. The first-order chi connectivity index (χ1) is 19.1. The highest BCUT2D eigenvalue weighted by Gasteiger charge is 2.49. The van der Waals surface area contributed by atoms with Crippen molar-refractivity contribution in [1.29, 1.82) is 0 Å². The number of nitrogens with one attached hydrogen (secondary N) is 2. The molecule has 2 aromatic rings. The van der Waals surface area contributed by atoms with Gasteiger partial charge in [-0.25, -0.2) is 8.78 Å². The molecule has 1 unspecified atom stereocenters. The van der Waals surface area contributed by atoms with E-state index >= 15 is 0 Å². The lowest BCUT2D eigenvalue weighted by molar-refractivity contribution is -0.134. The van der Waals surface area contributed by atoms with E-state index < -0.39 is 29.7 Å². The Hall–Kier alpha value is -2.30. The summed E-state index contributed by atoms with van der Waals surface area (Å²) in [7, 11) is 0. The predicted molar refractivity (Wildman–Crippen MR) is 147 cm³/mol. The molecule has 0 bridgehead atoms. The summed E-state index contributed by atoms with van der Waals surface area (Å²) >= 11 is 7.77. The Morgan fingerprint density at radius 2 is 1.92 bits per heavy atom. The number of aromatic amines is 1. The zero-order valence-electron chi connectivity index (χ0n) is 24.4. The second-order valence-corrected chi connectivity index (χ2v) is 12.2. The first-order valence-corrected chi connectivity index (χ1v) is 14.6. The number of hydrogen-bond acceptors (Lipinski definition) is 6. The molecule has 7 nitrogen and oxygen atoms in total. The van der Waals surface area contributed by atoms with Crippen molar-refractivity contribution in [3.63, 3.8) is 0 Å². The Kier molecular flexibility index (Phi) is 6.97. The van der Waals surface area contributed by atoms with Gasteiger partial charge < -0.3 is 24.7 Å². The fourth-order valence-electron chi connectivity index (χ4n) is 5.79. The predicted octanol–water partition coefficient (Wildman–Crippen LogP) is 5.54. The number of likely N-dealkylation sites (tertiary alicyclic amines) is 1. The molecule has 2 fully saturated rings. The summed E-state index contributed by atoms with van der Waals surface area (Å²) in [6, 6.07) is 3.08. The number of fused-ring (bicyclic) bond motifs is 1. The summed E-state index contributed by atoms with van der Waals surface area (Å²) in [6.45, 7) is 4.91. The van der Waals surface area contributed by atoms with Gasteiger partial charge in [-0.3, -0.25) is 9.59 Å². The lowest BCUT2D eigenvalue weighted by Crippen LogP contribution is -2.50. The minimum atomic E-state index is -2.51. The van der Waals surface area contributed by atoms with Crippen LogP contribution in [0, 0.1) is 25.7 Å². The summed E-state index contributed by atoms with van der Waals surface area (Å²) in [4.78, 5) is 31.2. The van der Waals surface area contributed by atoms with Crippen molar-refractivity contribution in [2.45, 2.75) is 69.6 Å². The maximum Gasteiger partial charge on any atom is 0.254 e. The largest absolute Gasteiger partial charge is 0.448 e. The van der Waals surface area contributed by atoms with Gasteiger partial charge in [0.15, 0.2) is 11.5 Å². The van der Waals surface area contributed by atoms with E-state index in [9.17, 15) is 18.4 Å². The van der Waals surface area contributed by atoms with Gasteiger partial charge in [0, 0.05) is 66.0 Å². The van der Waals surface area contributed by atoms with E-state index in [1.807, 2.05) is 6.92 Å². The number of amides is 1. The Labute approximate surface area is 238 Å². The van der Waals surface area contributed by atoms with Crippen LogP contribution in [0.5, 0.6) is 11.5 Å². The zero-order chi connectivity index (χ0) is 29.9. The molecule has 3 aliphatic rings. The van der Waals surface area contributed by atoms with Crippen LogP contribution in [-0.4, -0.2) is 53.4 Å². The third-order valence-electron chi connectivity index (χ3n) is 7.97. The molecule has 1 amide bonds. The average Bonchev–Trinajstić information content (AvgIpc) is 3.24. The van der Waals surface area contributed by atoms with Gasteiger partial charge in [0.2, 0.25) is 5.92 Å². The van der Waals surface area contributed by atoms with Crippen molar-refractivity contribution in [3.05, 3.63) is 49.9 Å². The summed E-state index contributed by atoms with van der Waals surface area (Å²) in [6.07, 6.45) is 3.15. The van der Waals surface area contributed by atoms with Crippen LogP contribution < -0.4 is 20.3 Å². The average molecular weight is 584 g/mol. The minimum Gasteiger partial charge on any atom is -0.448 e. The van der Waals surface area contributed by atoms with Gasteiger partial charge in [-0.15, -0.1) is 11.8 Å². The molecular weight excluding hydrogens is 548 g/mol. The molecule has 1 aromatic carbocycles. The smallest absolute Gasteiger partial charge is 0.254 e. The van der Waals surface area contributed by atoms with Crippen molar-refractivity contribution in [1.82, 2.24) is 15.2 Å². The van der Waals surface area contributed by atoms with Crippen molar-refractivity contribution < 1.29 is 25.8 Å². The van der Waals surface area contributed by atoms with Crippen molar-refractivity contribution in [2.75, 3.05) is 25.9 Å². The van der Waals surface area contributed by atoms with Crippen LogP contribution in [0.1, 0.15) is 62.5 Å². The number of rotatable bonds is 7. The second kappa shape index (κ2) is 10.6. The number of hydrogen-bond donors (Lipinski definition) is 2. The molecule has 1 atom stereocenters. The number of aromatic nitrogens is 1. The molecular formula is C28H34ClF2N3O4S. The lowest BCUT2D eigenvalue weighted by atomic mass is 9.80. The number of halogens is 3. The first kappa shape index (κ1) is 25.7. The maximum atomic E-state index is 13.4. The number of nitrogens with zero attached hydrogens (tertiary/aromatic N) is 1. The molecule has 5 rings (SSSR count). The number of carbonyl (C=O) groups excluding carboxylic acids is 1. The summed E-state index contributed by atoms with van der Waals surface area (Å²) < 4.78 is 56.1. The molecule has 3 heterocycles. The van der Waals surface area contributed by atoms with Gasteiger partial charge in [0.1, 0.15) is 0 Å². The van der Waals surface area contributed by atoms with Crippen molar-refractivity contribution >= 4 is 29.3 Å². The van der Waals surface area contributed by atoms with E-state index in [4.69, 9.17) is 23.8 Å². The number of aryl methyl sites for hydroxylation is 1.